The second-order valence-corrected chi connectivity index (χ2v) is 4.26. The van der Waals surface area contributed by atoms with Crippen molar-refractivity contribution < 1.29 is 24.1 Å². The molecule has 0 spiro atoms. The van der Waals surface area contributed by atoms with E-state index in [0.29, 0.717) is 0 Å². The second kappa shape index (κ2) is 7.43. The first-order chi connectivity index (χ1) is 7.39. The van der Waals surface area contributed by atoms with Gasteiger partial charge in [-0.3, -0.25) is 0 Å². The first-order valence-corrected chi connectivity index (χ1v) is 5.07. The number of ether oxygens (including phenoxy) is 3. The van der Waals surface area contributed by atoms with Crippen molar-refractivity contribution in [1.29, 1.82) is 0 Å². The number of rotatable bonds is 6. The van der Waals surface area contributed by atoms with E-state index in [4.69, 9.17) is 14.6 Å². The molecular weight excluding hydrogens is 214 g/mol. The molecule has 0 saturated heterocycles. The summed E-state index contributed by atoms with van der Waals surface area (Å²) in [5.74, 6) is 0. The molecule has 0 aliphatic carbocycles. The third-order valence-electron chi connectivity index (χ3n) is 1.50. The molecule has 96 valence electrons. The fraction of sp³-hybridized carbons (Fsp3) is 0.900. The van der Waals surface area contributed by atoms with Crippen molar-refractivity contribution in [2.45, 2.75) is 32.5 Å². The zero-order chi connectivity index (χ0) is 12.6. The van der Waals surface area contributed by atoms with Gasteiger partial charge in [0, 0.05) is 13.7 Å². The predicted molar refractivity (Wildman–Crippen MR) is 58.1 cm³/mol. The van der Waals surface area contributed by atoms with Crippen molar-refractivity contribution in [3.05, 3.63) is 0 Å². The number of hydrogen-bond acceptors (Lipinski definition) is 5. The van der Waals surface area contributed by atoms with E-state index >= 15 is 0 Å². The van der Waals surface area contributed by atoms with E-state index in [-0.39, 0.29) is 19.9 Å². The summed E-state index contributed by atoms with van der Waals surface area (Å²) in [7, 11) is 1.48. The van der Waals surface area contributed by atoms with Crippen molar-refractivity contribution in [3.8, 4) is 0 Å². The molecule has 6 heteroatoms. The topological polar surface area (TPSA) is 77.0 Å². The van der Waals surface area contributed by atoms with Crippen LogP contribution in [0.25, 0.3) is 0 Å². The molecule has 0 bridgehead atoms. The van der Waals surface area contributed by atoms with Crippen molar-refractivity contribution in [2.24, 2.45) is 0 Å². The van der Waals surface area contributed by atoms with Gasteiger partial charge in [0.1, 0.15) is 18.5 Å². The van der Waals surface area contributed by atoms with Crippen LogP contribution in [-0.4, -0.2) is 50.0 Å². The highest BCUT2D eigenvalue weighted by atomic mass is 16.7. The number of nitrogens with one attached hydrogen (secondary N) is 1. The van der Waals surface area contributed by atoms with E-state index in [1.165, 1.54) is 7.11 Å². The molecule has 0 heterocycles. The lowest BCUT2D eigenvalue weighted by atomic mass is 10.2. The Morgan fingerprint density at radius 1 is 1.44 bits per heavy atom. The molecule has 0 radical (unpaired) electrons. The summed E-state index contributed by atoms with van der Waals surface area (Å²) in [6.07, 6.45) is -1.03. The van der Waals surface area contributed by atoms with Crippen molar-refractivity contribution >= 4 is 6.09 Å². The molecule has 0 aliphatic heterocycles. The molecule has 0 unspecified atom stereocenters. The van der Waals surface area contributed by atoms with Crippen LogP contribution in [0.2, 0.25) is 0 Å². The van der Waals surface area contributed by atoms with Gasteiger partial charge >= 0.3 is 6.09 Å². The summed E-state index contributed by atoms with van der Waals surface area (Å²) in [5, 5.41) is 11.4. The zero-order valence-corrected chi connectivity index (χ0v) is 10.3. The fourth-order valence-corrected chi connectivity index (χ4v) is 0.852. The maximum atomic E-state index is 11.3. The first-order valence-electron chi connectivity index (χ1n) is 5.07. The monoisotopic (exact) mass is 235 g/mol. The van der Waals surface area contributed by atoms with Crippen LogP contribution in [0.4, 0.5) is 4.79 Å². The Bertz CT molecular complexity index is 202. The number of methoxy groups -OCH3 is 1. The minimum Gasteiger partial charge on any atom is -0.444 e. The van der Waals surface area contributed by atoms with Gasteiger partial charge in [0.25, 0.3) is 0 Å². The SMILES string of the molecule is COCO[C@@H](CO)CNC(=O)OC(C)(C)C. The summed E-state index contributed by atoms with van der Waals surface area (Å²) < 4.78 is 14.8. The Kier molecular flexibility index (Phi) is 7.03. The Morgan fingerprint density at radius 3 is 2.50 bits per heavy atom. The number of aliphatic hydroxyl groups is 1. The molecule has 0 aromatic carbocycles. The Morgan fingerprint density at radius 2 is 2.06 bits per heavy atom. The summed E-state index contributed by atoms with van der Waals surface area (Å²) in [6.45, 7) is 5.38. The molecule has 16 heavy (non-hydrogen) atoms. The maximum absolute atomic E-state index is 11.3. The molecule has 1 amide bonds. The van der Waals surface area contributed by atoms with E-state index in [0.717, 1.165) is 0 Å². The van der Waals surface area contributed by atoms with E-state index < -0.39 is 17.8 Å². The van der Waals surface area contributed by atoms with Crippen LogP contribution in [0.1, 0.15) is 20.8 Å². The van der Waals surface area contributed by atoms with Crippen LogP contribution < -0.4 is 5.32 Å². The third kappa shape index (κ3) is 8.46. The summed E-state index contributed by atoms with van der Waals surface area (Å²) >= 11 is 0. The van der Waals surface area contributed by atoms with Crippen LogP contribution >= 0.6 is 0 Å². The predicted octanol–water partition coefficient (Wildman–Crippen LogP) is 0.493. The van der Waals surface area contributed by atoms with Crippen LogP contribution in [0, 0.1) is 0 Å². The Balaban J connectivity index is 3.79. The fourth-order valence-electron chi connectivity index (χ4n) is 0.852. The third-order valence-corrected chi connectivity index (χ3v) is 1.50. The van der Waals surface area contributed by atoms with Gasteiger partial charge in [-0.1, -0.05) is 0 Å². The summed E-state index contributed by atoms with van der Waals surface area (Å²) in [6, 6.07) is 0. The van der Waals surface area contributed by atoms with Crippen LogP contribution in [0.5, 0.6) is 0 Å². The highest BCUT2D eigenvalue weighted by molar-refractivity contribution is 5.67. The zero-order valence-electron chi connectivity index (χ0n) is 10.3. The van der Waals surface area contributed by atoms with E-state index in [9.17, 15) is 4.79 Å². The van der Waals surface area contributed by atoms with E-state index in [1.807, 2.05) is 0 Å². The number of aliphatic hydroxyl groups excluding tert-OH is 1. The number of hydrogen-bond donors (Lipinski definition) is 2. The van der Waals surface area contributed by atoms with Crippen LogP contribution in [-0.2, 0) is 14.2 Å². The normalized spacial score (nSPS) is 13.3. The number of amides is 1. The molecule has 6 nitrogen and oxygen atoms in total. The van der Waals surface area contributed by atoms with E-state index in [2.05, 4.69) is 10.1 Å². The van der Waals surface area contributed by atoms with Crippen molar-refractivity contribution in [1.82, 2.24) is 5.32 Å². The molecular formula is C10H21NO5. The molecule has 0 aliphatic rings. The largest absolute Gasteiger partial charge is 0.444 e. The molecule has 0 fully saturated rings. The maximum Gasteiger partial charge on any atom is 0.407 e. The molecule has 2 N–H and O–H groups in total. The first kappa shape index (κ1) is 15.2. The van der Waals surface area contributed by atoms with Gasteiger partial charge < -0.3 is 24.6 Å². The summed E-state index contributed by atoms with van der Waals surface area (Å²) in [5.41, 5.74) is -0.536. The van der Waals surface area contributed by atoms with E-state index in [1.54, 1.807) is 20.8 Å². The standard InChI is InChI=1S/C10H21NO5/c1-10(2,3)16-9(13)11-5-8(6-12)15-7-14-4/h8,12H,5-7H2,1-4H3,(H,11,13)/t8-/m1/s1. The smallest absolute Gasteiger partial charge is 0.407 e. The van der Waals surface area contributed by atoms with Crippen LogP contribution in [0.3, 0.4) is 0 Å². The second-order valence-electron chi connectivity index (χ2n) is 4.26. The van der Waals surface area contributed by atoms with Gasteiger partial charge in [-0.25, -0.2) is 4.79 Å². The van der Waals surface area contributed by atoms with Gasteiger partial charge in [-0.05, 0) is 20.8 Å². The van der Waals surface area contributed by atoms with Gasteiger partial charge in [0.2, 0.25) is 0 Å². The molecule has 0 saturated carbocycles. The summed E-state index contributed by atoms with van der Waals surface area (Å²) in [4.78, 5) is 11.3. The molecule has 1 atom stereocenters. The average molecular weight is 235 g/mol. The van der Waals surface area contributed by atoms with Gasteiger partial charge in [0.05, 0.1) is 6.61 Å². The molecule has 0 rings (SSSR count). The minimum absolute atomic E-state index is 0.0707. The minimum atomic E-state index is -0.536. The van der Waals surface area contributed by atoms with Crippen molar-refractivity contribution in [3.63, 3.8) is 0 Å². The van der Waals surface area contributed by atoms with Gasteiger partial charge in [0.15, 0.2) is 0 Å². The lowest BCUT2D eigenvalue weighted by Gasteiger charge is -2.21. The van der Waals surface area contributed by atoms with Crippen LogP contribution in [0.15, 0.2) is 0 Å². The Hall–Kier alpha value is -0.850. The molecule has 0 aromatic heterocycles. The number of alkyl carbamates (subject to hydrolysis) is 1. The quantitative estimate of drug-likeness (QED) is 0.655. The number of carbonyl (C=O) groups is 1. The lowest BCUT2D eigenvalue weighted by Crippen LogP contribution is -2.39. The average Bonchev–Trinajstić information content (AvgIpc) is 2.15. The highest BCUT2D eigenvalue weighted by Gasteiger charge is 2.17. The Labute approximate surface area is 95.9 Å². The lowest BCUT2D eigenvalue weighted by molar-refractivity contribution is -0.0856. The number of carbonyl (C=O) groups excluding carboxylic acids is 1. The molecule has 0 aromatic rings. The van der Waals surface area contributed by atoms with Gasteiger partial charge in [-0.2, -0.15) is 0 Å². The van der Waals surface area contributed by atoms with Gasteiger partial charge in [-0.15, -0.1) is 0 Å². The highest BCUT2D eigenvalue weighted by Crippen LogP contribution is 2.06. The van der Waals surface area contributed by atoms with Crippen molar-refractivity contribution in [2.75, 3.05) is 27.1 Å².